The summed E-state index contributed by atoms with van der Waals surface area (Å²) in [5, 5.41) is 0. The van der Waals surface area contributed by atoms with Gasteiger partial charge in [-0.2, -0.15) is 0 Å². The zero-order valence-corrected chi connectivity index (χ0v) is 11.3. The van der Waals surface area contributed by atoms with E-state index in [1.54, 1.807) is 13.0 Å². The second-order valence-electron chi connectivity index (χ2n) is 4.49. The second-order valence-corrected chi connectivity index (χ2v) is 4.49. The molecule has 3 rings (SSSR count). The van der Waals surface area contributed by atoms with Crippen molar-refractivity contribution in [2.24, 2.45) is 0 Å². The molecule has 0 aliphatic heterocycles. The fourth-order valence-corrected chi connectivity index (χ4v) is 2.24. The van der Waals surface area contributed by atoms with Crippen molar-refractivity contribution in [3.8, 4) is 11.4 Å². The van der Waals surface area contributed by atoms with Crippen LogP contribution < -0.4 is 10.5 Å². The van der Waals surface area contributed by atoms with Crippen LogP contribution in [0.3, 0.4) is 0 Å². The van der Waals surface area contributed by atoms with E-state index in [1.807, 2.05) is 0 Å². The summed E-state index contributed by atoms with van der Waals surface area (Å²) >= 11 is 0. The molecular weight excluding hydrogens is 276 g/mol. The van der Waals surface area contributed by atoms with E-state index in [4.69, 9.17) is 10.5 Å². The van der Waals surface area contributed by atoms with Crippen molar-refractivity contribution < 1.29 is 13.5 Å². The van der Waals surface area contributed by atoms with Crippen LogP contribution in [0.15, 0.2) is 36.4 Å². The molecule has 1 aromatic heterocycles. The molecular formula is C15H13F2N3O. The quantitative estimate of drug-likeness (QED) is 0.805. The molecule has 0 fully saturated rings. The third kappa shape index (κ3) is 2.29. The highest BCUT2D eigenvalue weighted by molar-refractivity contribution is 5.80. The summed E-state index contributed by atoms with van der Waals surface area (Å²) in [6.45, 7) is 2.15. The van der Waals surface area contributed by atoms with Crippen molar-refractivity contribution >= 4 is 17.0 Å². The number of benzene rings is 2. The maximum absolute atomic E-state index is 14.0. The van der Waals surface area contributed by atoms with Crippen LogP contribution in [-0.4, -0.2) is 16.2 Å². The number of anilines is 1. The van der Waals surface area contributed by atoms with Gasteiger partial charge in [-0.1, -0.05) is 0 Å². The Hall–Kier alpha value is -2.63. The molecule has 4 nitrogen and oxygen atoms in total. The first kappa shape index (κ1) is 13.4. The summed E-state index contributed by atoms with van der Waals surface area (Å²) in [6.07, 6.45) is 0. The average molecular weight is 289 g/mol. The molecule has 108 valence electrons. The van der Waals surface area contributed by atoms with Gasteiger partial charge in [-0.25, -0.2) is 13.8 Å². The van der Waals surface area contributed by atoms with Gasteiger partial charge in [0.05, 0.1) is 23.3 Å². The number of nitrogens with zero attached hydrogens (tertiary/aromatic N) is 2. The van der Waals surface area contributed by atoms with Crippen LogP contribution >= 0.6 is 0 Å². The highest BCUT2D eigenvalue weighted by atomic mass is 19.1. The minimum absolute atomic E-state index is 0.162. The monoisotopic (exact) mass is 289 g/mol. The molecule has 0 amide bonds. The lowest BCUT2D eigenvalue weighted by atomic mass is 10.2. The summed E-state index contributed by atoms with van der Waals surface area (Å²) in [7, 11) is 0. The third-order valence-corrected chi connectivity index (χ3v) is 3.12. The minimum atomic E-state index is -0.507. The van der Waals surface area contributed by atoms with E-state index in [0.29, 0.717) is 23.3 Å². The molecule has 0 aliphatic carbocycles. The molecule has 2 N–H and O–H groups in total. The lowest BCUT2D eigenvalue weighted by molar-refractivity contribution is 0.321. The van der Waals surface area contributed by atoms with Gasteiger partial charge in [0, 0.05) is 12.1 Å². The topological polar surface area (TPSA) is 53.1 Å². The SMILES string of the molecule is CCOc1ccc(-n2c(N)nc3ccc(F)cc32)cc1F. The van der Waals surface area contributed by atoms with E-state index in [0.717, 1.165) is 0 Å². The zero-order chi connectivity index (χ0) is 15.0. The largest absolute Gasteiger partial charge is 0.491 e. The van der Waals surface area contributed by atoms with Crippen LogP contribution in [0.1, 0.15) is 6.92 Å². The van der Waals surface area contributed by atoms with Gasteiger partial charge >= 0.3 is 0 Å². The van der Waals surface area contributed by atoms with Crippen molar-refractivity contribution in [1.29, 1.82) is 0 Å². The first-order valence-corrected chi connectivity index (χ1v) is 6.46. The van der Waals surface area contributed by atoms with Crippen LogP contribution in [0, 0.1) is 11.6 Å². The number of hydrogen-bond donors (Lipinski definition) is 1. The molecule has 0 spiro atoms. The third-order valence-electron chi connectivity index (χ3n) is 3.12. The summed E-state index contributed by atoms with van der Waals surface area (Å²) in [4.78, 5) is 4.14. The smallest absolute Gasteiger partial charge is 0.205 e. The van der Waals surface area contributed by atoms with Crippen LogP contribution in [0.2, 0.25) is 0 Å². The van der Waals surface area contributed by atoms with Gasteiger partial charge in [0.2, 0.25) is 5.95 Å². The highest BCUT2D eigenvalue weighted by Crippen LogP contribution is 2.27. The Morgan fingerprint density at radius 2 is 2.00 bits per heavy atom. The van der Waals surface area contributed by atoms with E-state index in [2.05, 4.69) is 4.98 Å². The van der Waals surface area contributed by atoms with Gasteiger partial charge in [-0.15, -0.1) is 0 Å². The van der Waals surface area contributed by atoms with Gasteiger partial charge in [0.1, 0.15) is 5.82 Å². The van der Waals surface area contributed by atoms with Gasteiger partial charge in [0.15, 0.2) is 11.6 Å². The van der Waals surface area contributed by atoms with E-state index in [-0.39, 0.29) is 11.7 Å². The first-order valence-electron chi connectivity index (χ1n) is 6.46. The van der Waals surface area contributed by atoms with Crippen molar-refractivity contribution in [3.63, 3.8) is 0 Å². The summed E-state index contributed by atoms with van der Waals surface area (Å²) in [5.74, 6) is -0.586. The molecule has 6 heteroatoms. The van der Waals surface area contributed by atoms with Crippen LogP contribution in [-0.2, 0) is 0 Å². The Morgan fingerprint density at radius 1 is 1.19 bits per heavy atom. The second kappa shape index (κ2) is 5.05. The molecule has 0 saturated carbocycles. The molecule has 1 heterocycles. The van der Waals surface area contributed by atoms with Gasteiger partial charge in [-0.05, 0) is 31.2 Å². The number of nitrogen functional groups attached to an aromatic ring is 1. The highest BCUT2D eigenvalue weighted by Gasteiger charge is 2.13. The molecule has 3 aromatic rings. The molecule has 0 radical (unpaired) electrons. The lowest BCUT2D eigenvalue weighted by Crippen LogP contribution is -2.02. The summed E-state index contributed by atoms with van der Waals surface area (Å²) < 4.78 is 34.0. The predicted octanol–water partition coefficient (Wildman–Crippen LogP) is 3.28. The Kier molecular flexibility index (Phi) is 3.21. The van der Waals surface area contributed by atoms with E-state index in [9.17, 15) is 8.78 Å². The zero-order valence-electron chi connectivity index (χ0n) is 11.3. The van der Waals surface area contributed by atoms with Crippen LogP contribution in [0.25, 0.3) is 16.7 Å². The molecule has 2 aromatic carbocycles. The van der Waals surface area contributed by atoms with Crippen molar-refractivity contribution in [3.05, 3.63) is 48.0 Å². The van der Waals surface area contributed by atoms with E-state index < -0.39 is 11.6 Å². The molecule has 0 bridgehead atoms. The minimum Gasteiger partial charge on any atom is -0.491 e. The number of rotatable bonds is 3. The predicted molar refractivity (Wildman–Crippen MR) is 76.6 cm³/mol. The maximum Gasteiger partial charge on any atom is 0.205 e. The lowest BCUT2D eigenvalue weighted by Gasteiger charge is -2.09. The fraction of sp³-hybridized carbons (Fsp3) is 0.133. The Bertz CT molecular complexity index is 814. The number of halogens is 2. The number of fused-ring (bicyclic) bond motifs is 1. The van der Waals surface area contributed by atoms with E-state index >= 15 is 0 Å². The van der Waals surface area contributed by atoms with Gasteiger partial charge in [-0.3, -0.25) is 4.57 Å². The Balaban J connectivity index is 2.18. The van der Waals surface area contributed by atoms with Gasteiger partial charge < -0.3 is 10.5 Å². The molecule has 0 unspecified atom stereocenters. The fourth-order valence-electron chi connectivity index (χ4n) is 2.24. The Morgan fingerprint density at radius 3 is 2.71 bits per heavy atom. The molecule has 0 saturated heterocycles. The summed E-state index contributed by atoms with van der Waals surface area (Å²) in [6, 6.07) is 8.59. The average Bonchev–Trinajstić information content (AvgIpc) is 2.76. The number of nitrogens with two attached hydrogens (primary N) is 1. The standard InChI is InChI=1S/C15H13F2N3O/c1-2-21-14-6-4-10(8-11(14)17)20-13-7-9(16)3-5-12(13)19-15(20)18/h3-8H,2H2,1H3,(H2,18,19). The van der Waals surface area contributed by atoms with Crippen LogP contribution in [0.4, 0.5) is 14.7 Å². The summed E-state index contributed by atoms with van der Waals surface area (Å²) in [5.41, 5.74) is 7.34. The first-order chi connectivity index (χ1) is 10.1. The van der Waals surface area contributed by atoms with E-state index in [1.165, 1.54) is 34.9 Å². The number of hydrogen-bond acceptors (Lipinski definition) is 3. The van der Waals surface area contributed by atoms with Crippen LogP contribution in [0.5, 0.6) is 5.75 Å². The number of ether oxygens (including phenoxy) is 1. The normalized spacial score (nSPS) is 11.0. The van der Waals surface area contributed by atoms with Crippen molar-refractivity contribution in [2.45, 2.75) is 6.92 Å². The number of aromatic nitrogens is 2. The van der Waals surface area contributed by atoms with Crippen molar-refractivity contribution in [1.82, 2.24) is 9.55 Å². The maximum atomic E-state index is 14.0. The van der Waals surface area contributed by atoms with Crippen molar-refractivity contribution in [2.75, 3.05) is 12.3 Å². The molecule has 21 heavy (non-hydrogen) atoms. The molecule has 0 aliphatic rings. The Labute approximate surface area is 119 Å². The van der Waals surface area contributed by atoms with Gasteiger partial charge in [0.25, 0.3) is 0 Å². The molecule has 0 atom stereocenters. The number of imidazole rings is 1.